The molecular formula is C13H11FN2O4S. The fourth-order valence-electron chi connectivity index (χ4n) is 1.58. The second-order valence-electron chi connectivity index (χ2n) is 3.90. The van der Waals surface area contributed by atoms with E-state index in [9.17, 15) is 14.0 Å². The summed E-state index contributed by atoms with van der Waals surface area (Å²) in [6.07, 6.45) is 0. The molecule has 8 heteroatoms. The number of halogens is 1. The van der Waals surface area contributed by atoms with Crippen molar-refractivity contribution in [3.8, 4) is 5.75 Å². The molecule has 1 aromatic carbocycles. The number of ether oxygens (including phenoxy) is 1. The standard InChI is InChI=1S/C13H11FN2O4S/c1-20-10-6-7(2-3-9(10)14)15-13(19)16-11-8(12(17)18)4-5-21-11/h2-6H,1H3,(H,17,18)(H2,15,16,19). The molecule has 0 bridgehead atoms. The number of urea groups is 1. The van der Waals surface area contributed by atoms with E-state index in [0.29, 0.717) is 5.69 Å². The van der Waals surface area contributed by atoms with Gasteiger partial charge in [0.1, 0.15) is 5.00 Å². The Hall–Kier alpha value is -2.61. The summed E-state index contributed by atoms with van der Waals surface area (Å²) in [7, 11) is 1.31. The Morgan fingerprint density at radius 3 is 2.71 bits per heavy atom. The minimum Gasteiger partial charge on any atom is -0.494 e. The van der Waals surface area contributed by atoms with Crippen LogP contribution in [-0.2, 0) is 0 Å². The van der Waals surface area contributed by atoms with Crippen molar-refractivity contribution in [2.75, 3.05) is 17.7 Å². The summed E-state index contributed by atoms with van der Waals surface area (Å²) in [6.45, 7) is 0. The maximum absolute atomic E-state index is 13.2. The van der Waals surface area contributed by atoms with Gasteiger partial charge in [-0.25, -0.2) is 14.0 Å². The topological polar surface area (TPSA) is 87.7 Å². The quantitative estimate of drug-likeness (QED) is 0.809. The number of carboxylic acid groups (broad SMARTS) is 1. The van der Waals surface area contributed by atoms with Crippen LogP contribution in [0.1, 0.15) is 10.4 Å². The number of thiophene rings is 1. The molecule has 0 unspecified atom stereocenters. The van der Waals surface area contributed by atoms with Gasteiger partial charge in [0.2, 0.25) is 0 Å². The van der Waals surface area contributed by atoms with E-state index in [2.05, 4.69) is 10.6 Å². The normalized spacial score (nSPS) is 10.0. The molecule has 1 aromatic heterocycles. The van der Waals surface area contributed by atoms with E-state index >= 15 is 0 Å². The van der Waals surface area contributed by atoms with Crippen molar-refractivity contribution in [1.29, 1.82) is 0 Å². The van der Waals surface area contributed by atoms with E-state index in [0.717, 1.165) is 17.4 Å². The van der Waals surface area contributed by atoms with Crippen LogP contribution in [0.5, 0.6) is 5.75 Å². The van der Waals surface area contributed by atoms with Crippen molar-refractivity contribution in [2.45, 2.75) is 0 Å². The number of methoxy groups -OCH3 is 1. The van der Waals surface area contributed by atoms with Crippen LogP contribution < -0.4 is 15.4 Å². The van der Waals surface area contributed by atoms with Crippen LogP contribution in [0, 0.1) is 5.82 Å². The number of amides is 2. The molecule has 0 aliphatic carbocycles. The van der Waals surface area contributed by atoms with Gasteiger partial charge < -0.3 is 15.2 Å². The molecule has 0 aliphatic rings. The Balaban J connectivity index is 2.08. The lowest BCUT2D eigenvalue weighted by Crippen LogP contribution is -2.20. The molecule has 2 amide bonds. The summed E-state index contributed by atoms with van der Waals surface area (Å²) in [5.74, 6) is -1.68. The number of anilines is 2. The zero-order valence-corrected chi connectivity index (χ0v) is 11.7. The molecule has 21 heavy (non-hydrogen) atoms. The average molecular weight is 310 g/mol. The van der Waals surface area contributed by atoms with Gasteiger partial charge in [-0.15, -0.1) is 11.3 Å². The second-order valence-corrected chi connectivity index (χ2v) is 4.81. The van der Waals surface area contributed by atoms with Crippen LogP contribution in [0.3, 0.4) is 0 Å². The Labute approximate surface area is 123 Å². The number of benzene rings is 1. The smallest absolute Gasteiger partial charge is 0.338 e. The molecule has 3 N–H and O–H groups in total. The van der Waals surface area contributed by atoms with E-state index in [-0.39, 0.29) is 16.3 Å². The Morgan fingerprint density at radius 1 is 1.29 bits per heavy atom. The Morgan fingerprint density at radius 2 is 2.05 bits per heavy atom. The molecule has 0 saturated carbocycles. The molecule has 0 atom stereocenters. The summed E-state index contributed by atoms with van der Waals surface area (Å²) in [4.78, 5) is 22.7. The molecule has 0 saturated heterocycles. The lowest BCUT2D eigenvalue weighted by atomic mass is 10.3. The SMILES string of the molecule is COc1cc(NC(=O)Nc2sccc2C(=O)O)ccc1F. The first-order valence-electron chi connectivity index (χ1n) is 5.73. The van der Waals surface area contributed by atoms with E-state index in [1.54, 1.807) is 5.38 Å². The predicted molar refractivity (Wildman–Crippen MR) is 76.9 cm³/mol. The fraction of sp³-hybridized carbons (Fsp3) is 0.0769. The van der Waals surface area contributed by atoms with Crippen LogP contribution in [0.15, 0.2) is 29.6 Å². The van der Waals surface area contributed by atoms with Crippen molar-refractivity contribution in [3.63, 3.8) is 0 Å². The lowest BCUT2D eigenvalue weighted by Gasteiger charge is -2.08. The molecule has 1 heterocycles. The van der Waals surface area contributed by atoms with Crippen LogP contribution in [-0.4, -0.2) is 24.2 Å². The van der Waals surface area contributed by atoms with E-state index in [1.807, 2.05) is 0 Å². The number of hydrogen-bond donors (Lipinski definition) is 3. The number of hydrogen-bond acceptors (Lipinski definition) is 4. The summed E-state index contributed by atoms with van der Waals surface area (Å²) < 4.78 is 18.0. The second kappa shape index (κ2) is 6.23. The number of carbonyl (C=O) groups excluding carboxylic acids is 1. The zero-order valence-electron chi connectivity index (χ0n) is 10.8. The molecular weight excluding hydrogens is 299 g/mol. The Kier molecular flexibility index (Phi) is 4.39. The van der Waals surface area contributed by atoms with Crippen LogP contribution in [0.2, 0.25) is 0 Å². The highest BCUT2D eigenvalue weighted by atomic mass is 32.1. The van der Waals surface area contributed by atoms with Crippen LogP contribution in [0.25, 0.3) is 0 Å². The number of carboxylic acids is 1. The van der Waals surface area contributed by atoms with Gasteiger partial charge in [0.15, 0.2) is 11.6 Å². The maximum Gasteiger partial charge on any atom is 0.338 e. The predicted octanol–water partition coefficient (Wildman–Crippen LogP) is 3.24. The maximum atomic E-state index is 13.2. The summed E-state index contributed by atoms with van der Waals surface area (Å²) in [5, 5.41) is 15.6. The average Bonchev–Trinajstić information content (AvgIpc) is 2.89. The van der Waals surface area contributed by atoms with Gasteiger partial charge >= 0.3 is 12.0 Å². The van der Waals surface area contributed by atoms with Crippen molar-refractivity contribution in [3.05, 3.63) is 41.0 Å². The van der Waals surface area contributed by atoms with Gasteiger partial charge in [-0.3, -0.25) is 5.32 Å². The minimum atomic E-state index is -1.13. The fourth-order valence-corrected chi connectivity index (χ4v) is 2.35. The van der Waals surface area contributed by atoms with Gasteiger partial charge in [0.05, 0.1) is 12.7 Å². The molecule has 0 fully saturated rings. The summed E-state index contributed by atoms with van der Waals surface area (Å²) in [6, 6.07) is 4.60. The first-order chi connectivity index (χ1) is 10.0. The van der Waals surface area contributed by atoms with E-state index in [1.165, 1.54) is 25.3 Å². The highest BCUT2D eigenvalue weighted by Crippen LogP contribution is 2.24. The minimum absolute atomic E-state index is 0.00449. The third-order valence-electron chi connectivity index (χ3n) is 2.53. The molecule has 2 aromatic rings. The van der Waals surface area contributed by atoms with Crippen molar-refractivity contribution in [1.82, 2.24) is 0 Å². The Bertz CT molecular complexity index is 687. The molecule has 6 nitrogen and oxygen atoms in total. The zero-order chi connectivity index (χ0) is 15.4. The number of nitrogens with one attached hydrogen (secondary N) is 2. The molecule has 0 radical (unpaired) electrons. The van der Waals surface area contributed by atoms with Crippen molar-refractivity contribution >= 4 is 34.0 Å². The summed E-state index contributed by atoms with van der Waals surface area (Å²) in [5.41, 5.74) is 0.325. The van der Waals surface area contributed by atoms with E-state index in [4.69, 9.17) is 9.84 Å². The molecule has 2 rings (SSSR count). The largest absolute Gasteiger partial charge is 0.494 e. The highest BCUT2D eigenvalue weighted by molar-refractivity contribution is 7.14. The molecule has 0 aliphatic heterocycles. The van der Waals surface area contributed by atoms with Crippen LogP contribution >= 0.6 is 11.3 Å². The number of carbonyl (C=O) groups is 2. The van der Waals surface area contributed by atoms with Gasteiger partial charge in [0.25, 0.3) is 0 Å². The van der Waals surface area contributed by atoms with Crippen molar-refractivity contribution in [2.24, 2.45) is 0 Å². The summed E-state index contributed by atoms with van der Waals surface area (Å²) >= 11 is 1.09. The number of aromatic carboxylic acids is 1. The van der Waals surface area contributed by atoms with Crippen LogP contribution in [0.4, 0.5) is 19.9 Å². The first-order valence-corrected chi connectivity index (χ1v) is 6.61. The highest BCUT2D eigenvalue weighted by Gasteiger charge is 2.14. The van der Waals surface area contributed by atoms with Gasteiger partial charge in [0, 0.05) is 11.8 Å². The monoisotopic (exact) mass is 310 g/mol. The lowest BCUT2D eigenvalue weighted by molar-refractivity contribution is 0.0698. The van der Waals surface area contributed by atoms with E-state index < -0.39 is 17.8 Å². The first kappa shape index (κ1) is 14.8. The van der Waals surface area contributed by atoms with Gasteiger partial charge in [-0.2, -0.15) is 0 Å². The van der Waals surface area contributed by atoms with Gasteiger partial charge in [-0.1, -0.05) is 0 Å². The third kappa shape index (κ3) is 3.48. The molecule has 110 valence electrons. The number of rotatable bonds is 4. The van der Waals surface area contributed by atoms with Crippen molar-refractivity contribution < 1.29 is 23.8 Å². The molecule has 0 spiro atoms. The van der Waals surface area contributed by atoms with Gasteiger partial charge in [-0.05, 0) is 23.6 Å². The third-order valence-corrected chi connectivity index (χ3v) is 3.36.